The van der Waals surface area contributed by atoms with E-state index in [0.29, 0.717) is 12.3 Å². The van der Waals surface area contributed by atoms with Crippen molar-refractivity contribution < 1.29 is 8.42 Å². The molecule has 0 radical (unpaired) electrons. The topological polar surface area (TPSA) is 85.4 Å². The zero-order valence-corrected chi connectivity index (χ0v) is 14.1. The van der Waals surface area contributed by atoms with Crippen molar-refractivity contribution in [2.45, 2.75) is 30.3 Å². The second-order valence-electron chi connectivity index (χ2n) is 5.99. The average Bonchev–Trinajstić information content (AvgIpc) is 3.23. The maximum Gasteiger partial charge on any atom is 0.262 e. The molecule has 1 aliphatic rings. The molecule has 0 N–H and O–H groups in total. The summed E-state index contributed by atoms with van der Waals surface area (Å²) in [6.45, 7) is 0.477. The molecule has 1 fully saturated rings. The Morgan fingerprint density at radius 3 is 2.88 bits per heavy atom. The van der Waals surface area contributed by atoms with Gasteiger partial charge in [0.1, 0.15) is 0 Å². The van der Waals surface area contributed by atoms with Crippen LogP contribution in [-0.2, 0) is 17.1 Å². The molecule has 0 amide bonds. The minimum atomic E-state index is -3.64. The fraction of sp³-hybridized carbons (Fsp3) is 0.400. The van der Waals surface area contributed by atoms with Crippen molar-refractivity contribution >= 4 is 15.8 Å². The first kappa shape index (κ1) is 15.3. The lowest BCUT2D eigenvalue weighted by Gasteiger charge is -2.33. The number of hydrogen-bond acceptors (Lipinski definition) is 5. The van der Waals surface area contributed by atoms with E-state index >= 15 is 0 Å². The van der Waals surface area contributed by atoms with Gasteiger partial charge in [-0.2, -0.15) is 4.31 Å². The van der Waals surface area contributed by atoms with Gasteiger partial charge in [-0.15, -0.1) is 0 Å². The first-order chi connectivity index (χ1) is 11.6. The predicted molar refractivity (Wildman–Crippen MR) is 86.7 cm³/mol. The summed E-state index contributed by atoms with van der Waals surface area (Å²) in [5.74, 6) is 0.577. The maximum atomic E-state index is 13.0. The first-order valence-electron chi connectivity index (χ1n) is 7.85. The van der Waals surface area contributed by atoms with Crippen LogP contribution in [0, 0.1) is 0 Å². The number of fused-ring (bicyclic) bond motifs is 1. The Bertz CT molecular complexity index is 977. The van der Waals surface area contributed by atoms with Crippen molar-refractivity contribution in [1.82, 2.24) is 28.2 Å². The standard InChI is InChI=1S/C15H18N6O2S/c1-19-10-14(17-11-19)24(22,23)21-7-3-2-4-13(21)12-5-8-20-9-6-16-15(20)18-12/h5-6,8-11,13H,2-4,7H2,1H3. The van der Waals surface area contributed by atoms with Gasteiger partial charge in [-0.1, -0.05) is 6.42 Å². The summed E-state index contributed by atoms with van der Waals surface area (Å²) in [6, 6.07) is 1.58. The molecule has 3 aromatic heterocycles. The highest BCUT2D eigenvalue weighted by molar-refractivity contribution is 7.89. The zero-order valence-electron chi connectivity index (χ0n) is 13.3. The van der Waals surface area contributed by atoms with Crippen molar-refractivity contribution in [3.05, 3.63) is 42.9 Å². The molecule has 24 heavy (non-hydrogen) atoms. The summed E-state index contributed by atoms with van der Waals surface area (Å²) in [4.78, 5) is 12.8. The van der Waals surface area contributed by atoms with Gasteiger partial charge in [0.2, 0.25) is 5.78 Å². The van der Waals surface area contributed by atoms with Crippen LogP contribution < -0.4 is 0 Å². The molecule has 1 unspecified atom stereocenters. The summed E-state index contributed by atoms with van der Waals surface area (Å²) < 4.78 is 31.0. The normalized spacial score (nSPS) is 19.8. The van der Waals surface area contributed by atoms with Crippen LogP contribution in [0.5, 0.6) is 0 Å². The number of imidazole rings is 2. The Kier molecular flexibility index (Phi) is 3.61. The lowest BCUT2D eigenvalue weighted by molar-refractivity contribution is 0.251. The SMILES string of the molecule is Cn1cnc(S(=O)(=O)N2CCCCC2c2ccn3ccnc3n2)c1. The molecule has 1 aliphatic heterocycles. The highest BCUT2D eigenvalue weighted by Gasteiger charge is 2.36. The fourth-order valence-corrected chi connectivity index (χ4v) is 4.77. The second-order valence-corrected chi connectivity index (χ2v) is 7.83. The molecule has 0 aromatic carbocycles. The van der Waals surface area contributed by atoms with Crippen molar-refractivity contribution in [1.29, 1.82) is 0 Å². The van der Waals surface area contributed by atoms with E-state index in [1.54, 1.807) is 17.8 Å². The Morgan fingerprint density at radius 1 is 1.21 bits per heavy atom. The van der Waals surface area contributed by atoms with Crippen molar-refractivity contribution in [2.24, 2.45) is 7.05 Å². The van der Waals surface area contributed by atoms with E-state index in [-0.39, 0.29) is 11.1 Å². The largest absolute Gasteiger partial charge is 0.339 e. The minimum Gasteiger partial charge on any atom is -0.339 e. The molecule has 0 spiro atoms. The molecular weight excluding hydrogens is 328 g/mol. The summed E-state index contributed by atoms with van der Waals surface area (Å²) >= 11 is 0. The molecule has 126 valence electrons. The van der Waals surface area contributed by atoms with Crippen molar-refractivity contribution in [3.8, 4) is 0 Å². The number of nitrogens with zero attached hydrogens (tertiary/aromatic N) is 6. The van der Waals surface area contributed by atoms with Gasteiger partial charge in [-0.3, -0.25) is 4.40 Å². The van der Waals surface area contributed by atoms with Gasteiger partial charge < -0.3 is 4.57 Å². The van der Waals surface area contributed by atoms with E-state index in [9.17, 15) is 8.42 Å². The molecule has 1 saturated heterocycles. The van der Waals surface area contributed by atoms with E-state index in [1.165, 1.54) is 16.8 Å². The van der Waals surface area contributed by atoms with E-state index in [0.717, 1.165) is 25.0 Å². The van der Waals surface area contributed by atoms with Crippen LogP contribution >= 0.6 is 0 Å². The third-order valence-electron chi connectivity index (χ3n) is 4.33. The van der Waals surface area contributed by atoms with Gasteiger partial charge >= 0.3 is 0 Å². The summed E-state index contributed by atoms with van der Waals surface area (Å²) in [6.07, 6.45) is 11.0. The van der Waals surface area contributed by atoms with Crippen LogP contribution in [0.15, 0.2) is 42.2 Å². The number of sulfonamides is 1. The average molecular weight is 346 g/mol. The van der Waals surface area contributed by atoms with Crippen LogP contribution in [-0.4, -0.2) is 43.2 Å². The molecule has 4 heterocycles. The van der Waals surface area contributed by atoms with Crippen molar-refractivity contribution in [2.75, 3.05) is 6.54 Å². The van der Waals surface area contributed by atoms with Crippen LogP contribution in [0.1, 0.15) is 31.0 Å². The van der Waals surface area contributed by atoms with Crippen LogP contribution in [0.25, 0.3) is 5.78 Å². The molecule has 4 rings (SSSR count). The smallest absolute Gasteiger partial charge is 0.262 e. The third-order valence-corrected chi connectivity index (χ3v) is 6.13. The molecule has 8 nitrogen and oxygen atoms in total. The number of aromatic nitrogens is 5. The Hall–Kier alpha value is -2.26. The number of aryl methyl sites for hydroxylation is 1. The molecule has 3 aromatic rings. The first-order valence-corrected chi connectivity index (χ1v) is 9.29. The quantitative estimate of drug-likeness (QED) is 0.715. The molecule has 1 atom stereocenters. The van der Waals surface area contributed by atoms with E-state index < -0.39 is 10.0 Å². The predicted octanol–water partition coefficient (Wildman–Crippen LogP) is 1.38. The maximum absolute atomic E-state index is 13.0. The van der Waals surface area contributed by atoms with Gasteiger partial charge in [-0.25, -0.2) is 23.4 Å². The zero-order chi connectivity index (χ0) is 16.7. The van der Waals surface area contributed by atoms with E-state index in [1.807, 2.05) is 22.9 Å². The molecule has 0 bridgehead atoms. The molecular formula is C15H18N6O2S. The Labute approximate surface area is 139 Å². The lowest BCUT2D eigenvalue weighted by Crippen LogP contribution is -2.39. The Morgan fingerprint density at radius 2 is 2.08 bits per heavy atom. The second kappa shape index (κ2) is 5.67. The number of piperidine rings is 1. The van der Waals surface area contributed by atoms with Crippen LogP contribution in [0.3, 0.4) is 0 Å². The number of hydrogen-bond donors (Lipinski definition) is 0. The number of rotatable bonds is 3. The Balaban J connectivity index is 1.75. The summed E-state index contributed by atoms with van der Waals surface area (Å²) in [7, 11) is -1.89. The summed E-state index contributed by atoms with van der Waals surface area (Å²) in [5.41, 5.74) is 0.730. The molecule has 0 saturated carbocycles. The van der Waals surface area contributed by atoms with E-state index in [4.69, 9.17) is 0 Å². The van der Waals surface area contributed by atoms with Crippen LogP contribution in [0.4, 0.5) is 0 Å². The fourth-order valence-electron chi connectivity index (χ4n) is 3.13. The van der Waals surface area contributed by atoms with Crippen molar-refractivity contribution in [3.63, 3.8) is 0 Å². The van der Waals surface area contributed by atoms with Gasteiger partial charge in [0.15, 0.2) is 5.03 Å². The van der Waals surface area contributed by atoms with Gasteiger partial charge in [0.25, 0.3) is 10.0 Å². The summed E-state index contributed by atoms with van der Waals surface area (Å²) in [5, 5.41) is 0.0822. The third kappa shape index (κ3) is 2.49. The van der Waals surface area contributed by atoms with Gasteiger partial charge in [-0.05, 0) is 18.9 Å². The molecule has 0 aliphatic carbocycles. The van der Waals surface area contributed by atoms with Gasteiger partial charge in [0.05, 0.1) is 18.1 Å². The lowest BCUT2D eigenvalue weighted by atomic mass is 10.0. The van der Waals surface area contributed by atoms with E-state index in [2.05, 4.69) is 15.0 Å². The van der Waals surface area contributed by atoms with Crippen LogP contribution in [0.2, 0.25) is 0 Å². The highest BCUT2D eigenvalue weighted by atomic mass is 32.2. The van der Waals surface area contributed by atoms with Gasteiger partial charge in [0, 0.05) is 38.4 Å². The highest BCUT2D eigenvalue weighted by Crippen LogP contribution is 2.34. The minimum absolute atomic E-state index is 0.0822. The monoisotopic (exact) mass is 346 g/mol. The molecule has 9 heteroatoms.